The topological polar surface area (TPSA) is 71.1 Å². The van der Waals surface area contributed by atoms with Gasteiger partial charge < -0.3 is 18.1 Å². The van der Waals surface area contributed by atoms with Crippen LogP contribution in [0.25, 0.3) is 6.08 Å². The molecule has 0 heterocycles. The average molecular weight is 460 g/mol. The molecule has 0 atom stereocenters. The van der Waals surface area contributed by atoms with E-state index in [0.29, 0.717) is 12.8 Å². The van der Waals surface area contributed by atoms with Gasteiger partial charge in [-0.2, -0.15) is 0 Å². The Morgan fingerprint density at radius 2 is 1.27 bits per heavy atom. The maximum Gasteiger partial charge on any atom is 0.345 e. The summed E-state index contributed by atoms with van der Waals surface area (Å²) >= 11 is 0. The first kappa shape index (κ1) is 27.3. The minimum atomic E-state index is -3.68. The molecule has 8 heteroatoms. The molecular weight excluding hydrogens is 422 g/mol. The molecule has 0 bridgehead atoms. The van der Waals surface area contributed by atoms with Gasteiger partial charge in [-0.3, -0.25) is 9.13 Å². The lowest BCUT2D eigenvalue weighted by molar-refractivity contribution is 0.193. The van der Waals surface area contributed by atoms with E-state index in [2.05, 4.69) is 44.2 Å². The predicted octanol–water partition coefficient (Wildman–Crippen LogP) is 7.29. The molecule has 6 nitrogen and oxygen atoms in total. The molecule has 0 saturated heterocycles. The molecule has 0 amide bonds. The van der Waals surface area contributed by atoms with Crippen LogP contribution in [0.15, 0.2) is 29.8 Å². The van der Waals surface area contributed by atoms with Crippen LogP contribution in [-0.2, 0) is 33.6 Å². The van der Waals surface area contributed by atoms with Crippen molar-refractivity contribution in [3.8, 4) is 0 Å². The van der Waals surface area contributed by atoms with Crippen LogP contribution in [0.2, 0.25) is 0 Å². The molecule has 0 aliphatic rings. The van der Waals surface area contributed by atoms with Crippen molar-refractivity contribution >= 4 is 21.3 Å². The molecule has 0 N–H and O–H groups in total. The van der Waals surface area contributed by atoms with Gasteiger partial charge in [-0.25, -0.2) is 0 Å². The first-order chi connectivity index (χ1) is 14.2. The molecular formula is C22H38O6P2. The third kappa shape index (κ3) is 8.42. The van der Waals surface area contributed by atoms with E-state index in [1.807, 2.05) is 0 Å². The van der Waals surface area contributed by atoms with Gasteiger partial charge in [-0.15, -0.1) is 0 Å². The summed E-state index contributed by atoms with van der Waals surface area (Å²) in [7, 11) is -7.35. The van der Waals surface area contributed by atoms with Crippen LogP contribution in [0.3, 0.4) is 0 Å². The minimum Gasteiger partial charge on any atom is -0.308 e. The molecule has 0 aliphatic carbocycles. The summed E-state index contributed by atoms with van der Waals surface area (Å²) in [4.78, 5) is 0. The monoisotopic (exact) mass is 460 g/mol. The highest BCUT2D eigenvalue weighted by molar-refractivity contribution is 7.72. The summed E-state index contributed by atoms with van der Waals surface area (Å²) in [6.07, 6.45) is 3.88. The second kappa shape index (κ2) is 13.6. The fraction of sp³-hybridized carbons (Fsp3) is 0.636. The van der Waals surface area contributed by atoms with Gasteiger partial charge in [0.05, 0.1) is 26.4 Å². The highest BCUT2D eigenvalue weighted by Crippen LogP contribution is 2.71. The maximum absolute atomic E-state index is 13.5. The zero-order valence-corrected chi connectivity index (χ0v) is 21.0. The molecule has 1 aromatic carbocycles. The Balaban J connectivity index is 3.03. The summed E-state index contributed by atoms with van der Waals surface area (Å²) in [5.74, 6) is 0. The van der Waals surface area contributed by atoms with Crippen molar-refractivity contribution in [2.75, 3.05) is 26.4 Å². The van der Waals surface area contributed by atoms with E-state index in [9.17, 15) is 9.13 Å². The van der Waals surface area contributed by atoms with Crippen molar-refractivity contribution < 1.29 is 27.2 Å². The lowest BCUT2D eigenvalue weighted by Crippen LogP contribution is -2.18. The molecule has 0 unspecified atom stereocenters. The lowest BCUT2D eigenvalue weighted by atomic mass is 10.1. The molecule has 0 spiro atoms. The Bertz CT molecular complexity index is 690. The number of allylic oxidation sites excluding steroid dienone is 1. The van der Waals surface area contributed by atoms with E-state index < -0.39 is 20.6 Å². The molecule has 0 radical (unpaired) electrons. The van der Waals surface area contributed by atoms with Crippen LogP contribution in [0.1, 0.15) is 65.5 Å². The van der Waals surface area contributed by atoms with Gasteiger partial charge in [0.25, 0.3) is 0 Å². The zero-order valence-electron chi connectivity index (χ0n) is 19.3. The van der Waals surface area contributed by atoms with E-state index in [4.69, 9.17) is 18.1 Å². The fourth-order valence-corrected chi connectivity index (χ4v) is 8.69. The summed E-state index contributed by atoms with van der Waals surface area (Å²) in [5, 5.41) is -0.949. The van der Waals surface area contributed by atoms with Crippen LogP contribution in [0, 0.1) is 0 Å². The molecule has 1 rings (SSSR count). The summed E-state index contributed by atoms with van der Waals surface area (Å²) in [6.45, 7) is 11.9. The zero-order chi connectivity index (χ0) is 22.6. The van der Waals surface area contributed by atoms with Crippen LogP contribution in [0.4, 0.5) is 0 Å². The van der Waals surface area contributed by atoms with Crippen LogP contribution in [0.5, 0.6) is 0 Å². The third-order valence-corrected chi connectivity index (χ3v) is 10.5. The number of benzene rings is 1. The number of rotatable bonds is 15. The van der Waals surface area contributed by atoms with Gasteiger partial charge in [0.2, 0.25) is 0 Å². The summed E-state index contributed by atoms with van der Waals surface area (Å²) in [6, 6.07) is 8.32. The Morgan fingerprint density at radius 3 is 1.63 bits per heavy atom. The molecule has 0 aliphatic heterocycles. The van der Waals surface area contributed by atoms with Crippen molar-refractivity contribution in [1.82, 2.24) is 0 Å². The lowest BCUT2D eigenvalue weighted by Gasteiger charge is -2.31. The number of aryl methyl sites for hydroxylation is 1. The molecule has 1 aromatic rings. The molecule has 0 fully saturated rings. The Labute approximate surface area is 182 Å². The smallest absolute Gasteiger partial charge is 0.308 e. The van der Waals surface area contributed by atoms with Crippen LogP contribution < -0.4 is 0 Å². The highest BCUT2D eigenvalue weighted by atomic mass is 31.2. The standard InChI is InChI=1S/C22H38O6P2/c1-7-25-29(23,26-8-2)22(30(24,27-9-3)28-10-4)13-11-12-20-14-16-21(17-15-20)18-19(5)6/h14-18,22H,7-13H2,1-6H3. The van der Waals surface area contributed by atoms with E-state index in [0.717, 1.165) is 17.5 Å². The van der Waals surface area contributed by atoms with Crippen molar-refractivity contribution in [2.45, 2.75) is 66.2 Å². The van der Waals surface area contributed by atoms with Gasteiger partial charge in [0, 0.05) is 0 Å². The second-order valence-corrected chi connectivity index (χ2v) is 11.9. The third-order valence-electron chi connectivity index (χ3n) is 4.33. The van der Waals surface area contributed by atoms with Gasteiger partial charge in [-0.1, -0.05) is 35.9 Å². The predicted molar refractivity (Wildman–Crippen MR) is 124 cm³/mol. The highest BCUT2D eigenvalue weighted by Gasteiger charge is 2.50. The minimum absolute atomic E-state index is 0.192. The van der Waals surface area contributed by atoms with E-state index >= 15 is 0 Å². The van der Waals surface area contributed by atoms with Gasteiger partial charge in [0.15, 0.2) is 5.40 Å². The first-order valence-electron chi connectivity index (χ1n) is 10.8. The second-order valence-electron chi connectivity index (χ2n) is 7.09. The van der Waals surface area contributed by atoms with Crippen LogP contribution in [-0.4, -0.2) is 31.8 Å². The summed E-state index contributed by atoms with van der Waals surface area (Å²) < 4.78 is 49.1. The Hall–Kier alpha value is -0.740. The quantitative estimate of drug-likeness (QED) is 0.256. The van der Waals surface area contributed by atoms with E-state index in [-0.39, 0.29) is 26.4 Å². The van der Waals surface area contributed by atoms with Crippen molar-refractivity contribution in [3.05, 3.63) is 41.0 Å². The van der Waals surface area contributed by atoms with Gasteiger partial charge >= 0.3 is 15.2 Å². The summed E-state index contributed by atoms with van der Waals surface area (Å²) in [5.41, 5.74) is 3.56. The van der Waals surface area contributed by atoms with Crippen molar-refractivity contribution in [3.63, 3.8) is 0 Å². The normalized spacial score (nSPS) is 12.4. The Kier molecular flexibility index (Phi) is 12.4. The van der Waals surface area contributed by atoms with Gasteiger partial charge in [0.1, 0.15) is 0 Å². The number of hydrogen-bond acceptors (Lipinski definition) is 6. The molecule has 0 saturated carbocycles. The molecule has 30 heavy (non-hydrogen) atoms. The number of hydrogen-bond donors (Lipinski definition) is 0. The van der Waals surface area contributed by atoms with Crippen molar-refractivity contribution in [2.24, 2.45) is 0 Å². The largest absolute Gasteiger partial charge is 0.345 e. The Morgan fingerprint density at radius 1 is 0.833 bits per heavy atom. The average Bonchev–Trinajstić information content (AvgIpc) is 2.66. The van der Waals surface area contributed by atoms with Crippen molar-refractivity contribution in [1.29, 1.82) is 0 Å². The van der Waals surface area contributed by atoms with Gasteiger partial charge in [-0.05, 0) is 71.9 Å². The molecule has 0 aromatic heterocycles. The fourth-order valence-electron chi connectivity index (χ4n) is 3.23. The first-order valence-corrected chi connectivity index (χ1v) is 14.0. The maximum atomic E-state index is 13.5. The SMILES string of the molecule is CCOP(=O)(OCC)C(CCCc1ccc(C=C(C)C)cc1)P(=O)(OCC)OCC. The van der Waals surface area contributed by atoms with E-state index in [1.54, 1.807) is 27.7 Å². The van der Waals surface area contributed by atoms with E-state index in [1.165, 1.54) is 5.57 Å². The van der Waals surface area contributed by atoms with Crippen LogP contribution >= 0.6 is 15.2 Å². The molecule has 172 valence electrons.